The number of ether oxygens (including phenoxy) is 1. The zero-order chi connectivity index (χ0) is 11.6. The zero-order valence-corrected chi connectivity index (χ0v) is 9.76. The first-order valence-electron chi connectivity index (χ1n) is 6.58. The molecule has 5 aliphatic rings. The summed E-state index contributed by atoms with van der Waals surface area (Å²) in [7, 11) is 0. The summed E-state index contributed by atoms with van der Waals surface area (Å²) in [5, 5.41) is 10.2. The summed E-state index contributed by atoms with van der Waals surface area (Å²) in [6.45, 7) is 1.04. The molecule has 0 aromatic rings. The van der Waals surface area contributed by atoms with Crippen molar-refractivity contribution in [3.63, 3.8) is 0 Å². The molecule has 0 radical (unpaired) electrons. The van der Waals surface area contributed by atoms with Gasteiger partial charge in [-0.25, -0.2) is 4.79 Å². The van der Waals surface area contributed by atoms with Crippen LogP contribution >= 0.6 is 0 Å². The molecule has 0 aromatic carbocycles. The van der Waals surface area contributed by atoms with Crippen molar-refractivity contribution in [3.05, 3.63) is 11.6 Å². The number of hydrogen-bond acceptors (Lipinski definition) is 4. The minimum Gasteiger partial charge on any atom is -0.450 e. The van der Waals surface area contributed by atoms with E-state index in [9.17, 15) is 9.90 Å². The molecule has 1 N–H and O–H groups in total. The molecule has 17 heavy (non-hydrogen) atoms. The van der Waals surface area contributed by atoms with E-state index >= 15 is 0 Å². The van der Waals surface area contributed by atoms with Crippen molar-refractivity contribution in [1.82, 2.24) is 4.90 Å². The van der Waals surface area contributed by atoms with Crippen LogP contribution in [0.5, 0.6) is 0 Å². The molecule has 0 aromatic heterocycles. The van der Waals surface area contributed by atoms with E-state index in [1.165, 1.54) is 12.8 Å². The van der Waals surface area contributed by atoms with Crippen LogP contribution in [0, 0.1) is 0 Å². The minimum absolute atomic E-state index is 0.208. The summed E-state index contributed by atoms with van der Waals surface area (Å²) in [5.41, 5.74) is 0.659. The number of aliphatic hydroxyl groups excluding tert-OH is 1. The van der Waals surface area contributed by atoms with Crippen LogP contribution < -0.4 is 0 Å². The summed E-state index contributed by atoms with van der Waals surface area (Å²) in [6.07, 6.45) is 6.24. The second-order valence-corrected chi connectivity index (χ2v) is 5.77. The number of carbonyl (C=O) groups excluding carboxylic acids is 1. The van der Waals surface area contributed by atoms with E-state index in [1.54, 1.807) is 6.08 Å². The number of nitrogens with zero attached hydrogens (tertiary/aromatic N) is 1. The monoisotopic (exact) mass is 235 g/mol. The van der Waals surface area contributed by atoms with Gasteiger partial charge >= 0.3 is 5.97 Å². The third-order valence-corrected chi connectivity index (χ3v) is 5.01. The molecule has 0 amide bonds. The highest BCUT2D eigenvalue weighted by atomic mass is 16.6. The Morgan fingerprint density at radius 2 is 2.35 bits per heavy atom. The Balaban J connectivity index is 1.82. The maximum absolute atomic E-state index is 11.6. The summed E-state index contributed by atoms with van der Waals surface area (Å²) in [5.74, 6) is -0.208. The fraction of sp³-hybridized carbons (Fsp3) is 0.769. The lowest BCUT2D eigenvalue weighted by Gasteiger charge is -2.60. The van der Waals surface area contributed by atoms with Crippen molar-refractivity contribution in [2.75, 3.05) is 6.54 Å². The molecule has 4 heteroatoms. The van der Waals surface area contributed by atoms with Crippen LogP contribution in [0.2, 0.25) is 0 Å². The van der Waals surface area contributed by atoms with Crippen LogP contribution in [0.15, 0.2) is 11.6 Å². The minimum atomic E-state index is -0.480. The molecule has 4 heterocycles. The summed E-state index contributed by atoms with van der Waals surface area (Å²) in [6, 6.07) is 0.527. The normalized spacial score (nSPS) is 48.4. The Morgan fingerprint density at radius 3 is 3.24 bits per heavy atom. The van der Waals surface area contributed by atoms with E-state index in [2.05, 4.69) is 4.90 Å². The molecule has 5 rings (SSSR count). The second-order valence-electron chi connectivity index (χ2n) is 5.77. The quantitative estimate of drug-likeness (QED) is 0.625. The molecule has 2 bridgehead atoms. The van der Waals surface area contributed by atoms with Gasteiger partial charge in [0.1, 0.15) is 0 Å². The first-order valence-corrected chi connectivity index (χ1v) is 6.58. The molecule has 4 nitrogen and oxygen atoms in total. The molecule has 1 saturated carbocycles. The average molecular weight is 235 g/mol. The Labute approximate surface area is 100 Å². The van der Waals surface area contributed by atoms with Gasteiger partial charge in [-0.05, 0) is 31.4 Å². The van der Waals surface area contributed by atoms with E-state index in [-0.39, 0.29) is 18.1 Å². The maximum Gasteiger partial charge on any atom is 0.331 e. The van der Waals surface area contributed by atoms with Crippen molar-refractivity contribution in [3.8, 4) is 0 Å². The lowest BCUT2D eigenvalue weighted by Crippen LogP contribution is -2.71. The first kappa shape index (κ1) is 10.1. The Morgan fingerprint density at radius 1 is 1.47 bits per heavy atom. The number of hydrogen-bond donors (Lipinski definition) is 1. The maximum atomic E-state index is 11.6. The van der Waals surface area contributed by atoms with Crippen LogP contribution in [-0.4, -0.2) is 46.3 Å². The van der Waals surface area contributed by atoms with E-state index in [1.807, 2.05) is 0 Å². The van der Waals surface area contributed by atoms with Crippen LogP contribution in [0.4, 0.5) is 0 Å². The van der Waals surface area contributed by atoms with E-state index in [0.717, 1.165) is 25.0 Å². The Bertz CT molecular complexity index is 419. The van der Waals surface area contributed by atoms with Crippen LogP contribution in [0.3, 0.4) is 0 Å². The van der Waals surface area contributed by atoms with Crippen molar-refractivity contribution in [2.45, 2.75) is 55.9 Å². The first-order chi connectivity index (χ1) is 8.21. The second kappa shape index (κ2) is 3.12. The standard InChI is InChI=1S/C13H17NO3/c15-10-7-13-8(6-12(16)17-13)5-9(10)14-4-2-1-3-11(13)14/h6,9-11,15H,1-5,7H2/t9-,10-,11-,13?/m0/s1. The van der Waals surface area contributed by atoms with Gasteiger partial charge in [0.15, 0.2) is 5.60 Å². The molecule has 4 atom stereocenters. The van der Waals surface area contributed by atoms with Crippen molar-refractivity contribution >= 4 is 5.97 Å². The van der Waals surface area contributed by atoms with Gasteiger partial charge in [-0.2, -0.15) is 0 Å². The number of fused-ring (bicyclic) bond motifs is 1. The van der Waals surface area contributed by atoms with Gasteiger partial charge in [-0.15, -0.1) is 0 Å². The van der Waals surface area contributed by atoms with Crippen LogP contribution in [-0.2, 0) is 9.53 Å². The molecular weight excluding hydrogens is 218 g/mol. The Kier molecular flexibility index (Phi) is 1.85. The molecule has 92 valence electrons. The molecule has 4 aliphatic heterocycles. The topological polar surface area (TPSA) is 49.8 Å². The number of rotatable bonds is 0. The van der Waals surface area contributed by atoms with E-state index in [4.69, 9.17) is 4.74 Å². The smallest absolute Gasteiger partial charge is 0.331 e. The molecule has 1 spiro atoms. The molecule has 1 unspecified atom stereocenters. The molecule has 3 saturated heterocycles. The third-order valence-electron chi connectivity index (χ3n) is 5.01. The molecular formula is C13H17NO3. The highest BCUT2D eigenvalue weighted by Crippen LogP contribution is 2.53. The van der Waals surface area contributed by atoms with Crippen molar-refractivity contribution < 1.29 is 14.6 Å². The van der Waals surface area contributed by atoms with E-state index < -0.39 is 5.60 Å². The largest absolute Gasteiger partial charge is 0.450 e. The van der Waals surface area contributed by atoms with E-state index in [0.29, 0.717) is 12.5 Å². The number of esters is 1. The van der Waals surface area contributed by atoms with Crippen molar-refractivity contribution in [2.24, 2.45) is 0 Å². The SMILES string of the molecule is O=C1C=C2C[C@H]3[C@@H](O)CC2(O1)[C@@H]1CCCCN13. The van der Waals surface area contributed by atoms with Crippen LogP contribution in [0.25, 0.3) is 0 Å². The summed E-state index contributed by atoms with van der Waals surface area (Å²) >= 11 is 0. The van der Waals surface area contributed by atoms with Gasteiger partial charge < -0.3 is 9.84 Å². The number of carbonyl (C=O) groups is 1. The van der Waals surface area contributed by atoms with Crippen molar-refractivity contribution in [1.29, 1.82) is 0 Å². The average Bonchev–Trinajstić information content (AvgIpc) is 2.64. The van der Waals surface area contributed by atoms with Gasteiger partial charge in [0, 0.05) is 18.5 Å². The fourth-order valence-electron chi connectivity index (χ4n) is 4.36. The number of aliphatic hydroxyl groups is 1. The number of piperidine rings is 3. The van der Waals surface area contributed by atoms with Gasteiger partial charge in [-0.1, -0.05) is 6.42 Å². The van der Waals surface area contributed by atoms with Crippen LogP contribution in [0.1, 0.15) is 32.1 Å². The van der Waals surface area contributed by atoms with Gasteiger partial charge in [0.25, 0.3) is 0 Å². The summed E-state index contributed by atoms with van der Waals surface area (Å²) in [4.78, 5) is 14.0. The van der Waals surface area contributed by atoms with Gasteiger partial charge in [0.2, 0.25) is 0 Å². The lowest BCUT2D eigenvalue weighted by atomic mass is 9.64. The predicted molar refractivity (Wildman–Crippen MR) is 60.3 cm³/mol. The summed E-state index contributed by atoms with van der Waals surface area (Å²) < 4.78 is 5.65. The fourth-order valence-corrected chi connectivity index (χ4v) is 4.36. The highest BCUT2D eigenvalue weighted by Gasteiger charge is 2.62. The molecule has 4 fully saturated rings. The van der Waals surface area contributed by atoms with Gasteiger partial charge in [-0.3, -0.25) is 4.90 Å². The lowest BCUT2D eigenvalue weighted by molar-refractivity contribution is -0.188. The molecule has 1 aliphatic carbocycles. The zero-order valence-electron chi connectivity index (χ0n) is 9.76. The van der Waals surface area contributed by atoms with Gasteiger partial charge in [0.05, 0.1) is 12.1 Å². The Hall–Kier alpha value is -0.870. The predicted octanol–water partition coefficient (Wildman–Crippen LogP) is 0.600. The third kappa shape index (κ3) is 1.13. The highest BCUT2D eigenvalue weighted by molar-refractivity contribution is 5.87.